The molecule has 1 atom stereocenters. The van der Waals surface area contributed by atoms with Crippen LogP contribution in [0.2, 0.25) is 0 Å². The lowest BCUT2D eigenvalue weighted by Crippen LogP contribution is -2.36. The first kappa shape index (κ1) is 15.6. The van der Waals surface area contributed by atoms with Gasteiger partial charge in [0.15, 0.2) is 0 Å². The third-order valence-electron chi connectivity index (χ3n) is 2.79. The van der Waals surface area contributed by atoms with E-state index in [9.17, 15) is 14.0 Å². The Kier molecular flexibility index (Phi) is 5.47. The summed E-state index contributed by atoms with van der Waals surface area (Å²) in [5.74, 6) is -3.08. The van der Waals surface area contributed by atoms with E-state index < -0.39 is 23.6 Å². The van der Waals surface area contributed by atoms with Crippen LogP contribution < -0.4 is 5.32 Å². The number of benzene rings is 1. The Labute approximate surface area is 119 Å². The molecule has 1 amide bonds. The number of amides is 1. The van der Waals surface area contributed by atoms with E-state index in [0.29, 0.717) is 4.47 Å². The summed E-state index contributed by atoms with van der Waals surface area (Å²) >= 11 is 3.10. The molecule has 1 unspecified atom stereocenters. The fraction of sp³-hybridized carbons (Fsp3) is 0.385. The summed E-state index contributed by atoms with van der Waals surface area (Å²) < 4.78 is 13.9. The van der Waals surface area contributed by atoms with E-state index in [-0.39, 0.29) is 18.0 Å². The first-order chi connectivity index (χ1) is 8.84. The summed E-state index contributed by atoms with van der Waals surface area (Å²) in [5.41, 5.74) is -0.115. The Hall–Kier alpha value is -1.43. The second-order valence-corrected chi connectivity index (χ2v) is 5.35. The molecule has 6 heteroatoms. The molecule has 0 spiro atoms. The van der Waals surface area contributed by atoms with Gasteiger partial charge in [0.05, 0.1) is 11.5 Å². The van der Waals surface area contributed by atoms with Gasteiger partial charge in [0.25, 0.3) is 5.91 Å². The standard InChI is InChI=1S/C13H15BrFNO3/c1-7(2)8(13(18)19)6-16-12(17)11-9(14)4-3-5-10(11)15/h3-5,7-8H,6H2,1-2H3,(H,16,17)(H,18,19). The maximum atomic E-state index is 13.5. The van der Waals surface area contributed by atoms with E-state index in [2.05, 4.69) is 21.2 Å². The lowest BCUT2D eigenvalue weighted by Gasteiger charge is -2.17. The number of rotatable bonds is 5. The number of hydrogen-bond donors (Lipinski definition) is 2. The molecule has 1 aromatic rings. The Morgan fingerprint density at radius 2 is 2.05 bits per heavy atom. The molecule has 0 aliphatic carbocycles. The molecule has 2 N–H and O–H groups in total. The van der Waals surface area contributed by atoms with Gasteiger partial charge >= 0.3 is 5.97 Å². The molecule has 0 aliphatic rings. The van der Waals surface area contributed by atoms with Crippen molar-refractivity contribution < 1.29 is 19.1 Å². The minimum atomic E-state index is -0.983. The fourth-order valence-electron chi connectivity index (χ4n) is 1.61. The average molecular weight is 332 g/mol. The quantitative estimate of drug-likeness (QED) is 0.871. The number of carbonyl (C=O) groups excluding carboxylic acids is 1. The van der Waals surface area contributed by atoms with E-state index in [1.165, 1.54) is 12.1 Å². The molecule has 0 aromatic heterocycles. The van der Waals surface area contributed by atoms with Crippen molar-refractivity contribution >= 4 is 27.8 Å². The van der Waals surface area contributed by atoms with Gasteiger partial charge < -0.3 is 10.4 Å². The molecule has 1 aromatic carbocycles. The number of carbonyl (C=O) groups is 2. The summed E-state index contributed by atoms with van der Waals surface area (Å²) in [7, 11) is 0. The van der Waals surface area contributed by atoms with E-state index in [0.717, 1.165) is 0 Å². The van der Waals surface area contributed by atoms with Crippen molar-refractivity contribution in [3.8, 4) is 0 Å². The Bertz CT molecular complexity index is 471. The highest BCUT2D eigenvalue weighted by atomic mass is 79.9. The molecule has 0 bridgehead atoms. The number of hydrogen-bond acceptors (Lipinski definition) is 2. The van der Waals surface area contributed by atoms with E-state index >= 15 is 0 Å². The highest BCUT2D eigenvalue weighted by Gasteiger charge is 2.23. The lowest BCUT2D eigenvalue weighted by molar-refractivity contribution is -0.142. The molecule has 19 heavy (non-hydrogen) atoms. The molecule has 104 valence electrons. The summed E-state index contributed by atoms with van der Waals surface area (Å²) in [4.78, 5) is 22.9. The van der Waals surface area contributed by atoms with Crippen molar-refractivity contribution in [1.29, 1.82) is 0 Å². The summed E-state index contributed by atoms with van der Waals surface area (Å²) in [6.45, 7) is 3.47. The van der Waals surface area contributed by atoms with Crippen molar-refractivity contribution in [2.45, 2.75) is 13.8 Å². The van der Waals surface area contributed by atoms with Crippen LogP contribution in [-0.4, -0.2) is 23.5 Å². The van der Waals surface area contributed by atoms with Crippen LogP contribution in [0.1, 0.15) is 24.2 Å². The van der Waals surface area contributed by atoms with Gasteiger partial charge in [0.2, 0.25) is 0 Å². The Morgan fingerprint density at radius 1 is 1.42 bits per heavy atom. The summed E-state index contributed by atoms with van der Waals surface area (Å²) in [6.07, 6.45) is 0. The lowest BCUT2D eigenvalue weighted by atomic mass is 9.96. The van der Waals surface area contributed by atoms with Gasteiger partial charge in [0.1, 0.15) is 5.82 Å². The number of carboxylic acid groups (broad SMARTS) is 1. The minimum Gasteiger partial charge on any atom is -0.481 e. The van der Waals surface area contributed by atoms with Crippen LogP contribution in [0.25, 0.3) is 0 Å². The maximum absolute atomic E-state index is 13.5. The van der Waals surface area contributed by atoms with Gasteiger partial charge in [-0.15, -0.1) is 0 Å². The van der Waals surface area contributed by atoms with Gasteiger partial charge in [-0.05, 0) is 34.0 Å². The molecule has 0 fully saturated rings. The molecule has 1 rings (SSSR count). The Balaban J connectivity index is 2.78. The van der Waals surface area contributed by atoms with Crippen LogP contribution in [0, 0.1) is 17.7 Å². The third-order valence-corrected chi connectivity index (χ3v) is 3.46. The minimum absolute atomic E-state index is 0.0351. The van der Waals surface area contributed by atoms with Crippen LogP contribution in [0.4, 0.5) is 4.39 Å². The highest BCUT2D eigenvalue weighted by Crippen LogP contribution is 2.19. The number of halogens is 2. The smallest absolute Gasteiger partial charge is 0.308 e. The zero-order valence-electron chi connectivity index (χ0n) is 10.6. The van der Waals surface area contributed by atoms with Gasteiger partial charge in [-0.2, -0.15) is 0 Å². The molecular formula is C13H15BrFNO3. The zero-order chi connectivity index (χ0) is 14.6. The second kappa shape index (κ2) is 6.65. The molecule has 0 heterocycles. The fourth-order valence-corrected chi connectivity index (χ4v) is 2.14. The van der Waals surface area contributed by atoms with E-state index in [4.69, 9.17) is 5.11 Å². The van der Waals surface area contributed by atoms with Crippen LogP contribution in [0.5, 0.6) is 0 Å². The van der Waals surface area contributed by atoms with Crippen molar-refractivity contribution in [2.24, 2.45) is 11.8 Å². The molecular weight excluding hydrogens is 317 g/mol. The summed E-state index contributed by atoms with van der Waals surface area (Å²) in [6, 6.07) is 4.20. The van der Waals surface area contributed by atoms with E-state index in [1.54, 1.807) is 19.9 Å². The Morgan fingerprint density at radius 3 is 2.53 bits per heavy atom. The van der Waals surface area contributed by atoms with Crippen molar-refractivity contribution in [2.75, 3.05) is 6.54 Å². The van der Waals surface area contributed by atoms with Gasteiger partial charge in [0, 0.05) is 11.0 Å². The molecule has 0 radical (unpaired) electrons. The monoisotopic (exact) mass is 331 g/mol. The predicted octanol–water partition coefficient (Wildman–Crippen LogP) is 2.67. The number of nitrogens with one attached hydrogen (secondary N) is 1. The topological polar surface area (TPSA) is 66.4 Å². The first-order valence-electron chi connectivity index (χ1n) is 5.79. The van der Waals surface area contributed by atoms with Gasteiger partial charge in [-0.3, -0.25) is 9.59 Å². The number of aliphatic carboxylic acids is 1. The van der Waals surface area contributed by atoms with Crippen molar-refractivity contribution in [3.63, 3.8) is 0 Å². The second-order valence-electron chi connectivity index (χ2n) is 4.50. The molecule has 0 saturated carbocycles. The van der Waals surface area contributed by atoms with Crippen LogP contribution >= 0.6 is 15.9 Å². The maximum Gasteiger partial charge on any atom is 0.308 e. The third kappa shape index (κ3) is 4.02. The van der Waals surface area contributed by atoms with E-state index in [1.807, 2.05) is 0 Å². The van der Waals surface area contributed by atoms with Crippen molar-refractivity contribution in [1.82, 2.24) is 5.32 Å². The van der Waals surface area contributed by atoms with Gasteiger partial charge in [-0.1, -0.05) is 19.9 Å². The average Bonchev–Trinajstić information content (AvgIpc) is 2.27. The highest BCUT2D eigenvalue weighted by molar-refractivity contribution is 9.10. The number of carboxylic acids is 1. The molecule has 0 aliphatic heterocycles. The predicted molar refractivity (Wildman–Crippen MR) is 72.4 cm³/mol. The molecule has 4 nitrogen and oxygen atoms in total. The molecule has 0 saturated heterocycles. The van der Waals surface area contributed by atoms with Crippen molar-refractivity contribution in [3.05, 3.63) is 34.1 Å². The normalized spacial score (nSPS) is 12.3. The largest absolute Gasteiger partial charge is 0.481 e. The summed E-state index contributed by atoms with van der Waals surface area (Å²) in [5, 5.41) is 11.5. The SMILES string of the molecule is CC(C)C(CNC(=O)c1c(F)cccc1Br)C(=O)O. The van der Waals surface area contributed by atoms with Gasteiger partial charge in [-0.25, -0.2) is 4.39 Å². The van der Waals surface area contributed by atoms with Crippen LogP contribution in [0.3, 0.4) is 0 Å². The van der Waals surface area contributed by atoms with Crippen LogP contribution in [-0.2, 0) is 4.79 Å². The zero-order valence-corrected chi connectivity index (χ0v) is 12.2. The first-order valence-corrected chi connectivity index (χ1v) is 6.59. The van der Waals surface area contributed by atoms with Crippen LogP contribution in [0.15, 0.2) is 22.7 Å².